The van der Waals surface area contributed by atoms with E-state index < -0.39 is 0 Å². The Morgan fingerprint density at radius 1 is 1.32 bits per heavy atom. The van der Waals surface area contributed by atoms with Crippen LogP contribution in [0.3, 0.4) is 0 Å². The molecule has 0 radical (unpaired) electrons. The van der Waals surface area contributed by atoms with Gasteiger partial charge in [0.2, 0.25) is 5.95 Å². The van der Waals surface area contributed by atoms with E-state index >= 15 is 0 Å². The van der Waals surface area contributed by atoms with E-state index in [1.165, 1.54) is 6.07 Å². The van der Waals surface area contributed by atoms with Crippen LogP contribution < -0.4 is 16.6 Å². The number of nitrogens with two attached hydrogens (primary N) is 1. The number of halogens is 1. The van der Waals surface area contributed by atoms with Crippen LogP contribution in [0.4, 0.5) is 16.2 Å². The van der Waals surface area contributed by atoms with Gasteiger partial charge in [0, 0.05) is 18.3 Å². The molecule has 2 rings (SSSR count). The SMILES string of the molecule is Cc1cnc(NN)nc1NCCc1ccccc1F. The molecule has 100 valence electrons. The number of hydrogen-bond donors (Lipinski definition) is 3. The highest BCUT2D eigenvalue weighted by molar-refractivity contribution is 5.46. The molecule has 0 saturated heterocycles. The van der Waals surface area contributed by atoms with Gasteiger partial charge < -0.3 is 5.32 Å². The summed E-state index contributed by atoms with van der Waals surface area (Å²) in [4.78, 5) is 8.18. The van der Waals surface area contributed by atoms with Crippen LogP contribution in [0.15, 0.2) is 30.5 Å². The molecule has 5 nitrogen and oxygen atoms in total. The van der Waals surface area contributed by atoms with Gasteiger partial charge in [-0.05, 0) is 25.0 Å². The number of benzene rings is 1. The summed E-state index contributed by atoms with van der Waals surface area (Å²) in [6.07, 6.45) is 2.26. The number of nitrogens with zero attached hydrogens (tertiary/aromatic N) is 2. The number of hydrazine groups is 1. The van der Waals surface area contributed by atoms with E-state index in [9.17, 15) is 4.39 Å². The summed E-state index contributed by atoms with van der Waals surface area (Å²) >= 11 is 0. The quantitative estimate of drug-likeness (QED) is 0.566. The smallest absolute Gasteiger partial charge is 0.239 e. The third kappa shape index (κ3) is 3.38. The molecule has 0 aliphatic carbocycles. The molecule has 0 aliphatic rings. The van der Waals surface area contributed by atoms with Crippen LogP contribution in [0.5, 0.6) is 0 Å². The molecule has 1 heterocycles. The topological polar surface area (TPSA) is 75.9 Å². The Morgan fingerprint density at radius 3 is 2.84 bits per heavy atom. The number of aromatic nitrogens is 2. The van der Waals surface area contributed by atoms with Crippen LogP contribution in [0.2, 0.25) is 0 Å². The Kier molecular flexibility index (Phi) is 4.25. The predicted molar refractivity (Wildman–Crippen MR) is 73.2 cm³/mol. The molecule has 0 atom stereocenters. The minimum absolute atomic E-state index is 0.187. The van der Waals surface area contributed by atoms with E-state index in [1.807, 2.05) is 13.0 Å². The van der Waals surface area contributed by atoms with Crippen LogP contribution in [-0.4, -0.2) is 16.5 Å². The molecule has 4 N–H and O–H groups in total. The molecule has 1 aromatic carbocycles. The van der Waals surface area contributed by atoms with Gasteiger partial charge in [-0.1, -0.05) is 18.2 Å². The second-order valence-corrected chi connectivity index (χ2v) is 4.14. The van der Waals surface area contributed by atoms with Crippen molar-refractivity contribution in [1.82, 2.24) is 9.97 Å². The molecule has 0 amide bonds. The second kappa shape index (κ2) is 6.10. The van der Waals surface area contributed by atoms with Gasteiger partial charge in [-0.3, -0.25) is 5.43 Å². The number of nitrogen functional groups attached to an aromatic ring is 1. The molecule has 1 aromatic heterocycles. The molecule has 0 fully saturated rings. The molecular formula is C13H16FN5. The lowest BCUT2D eigenvalue weighted by Gasteiger charge is -2.09. The maximum Gasteiger partial charge on any atom is 0.239 e. The maximum atomic E-state index is 13.4. The van der Waals surface area contributed by atoms with E-state index in [2.05, 4.69) is 20.7 Å². The van der Waals surface area contributed by atoms with Crippen molar-refractivity contribution in [3.63, 3.8) is 0 Å². The van der Waals surface area contributed by atoms with Crippen molar-refractivity contribution in [2.24, 2.45) is 5.84 Å². The van der Waals surface area contributed by atoms with Crippen molar-refractivity contribution < 1.29 is 4.39 Å². The van der Waals surface area contributed by atoms with Crippen LogP contribution >= 0.6 is 0 Å². The zero-order chi connectivity index (χ0) is 13.7. The highest BCUT2D eigenvalue weighted by Crippen LogP contribution is 2.12. The molecule has 19 heavy (non-hydrogen) atoms. The summed E-state index contributed by atoms with van der Waals surface area (Å²) in [6, 6.07) is 6.74. The first-order chi connectivity index (χ1) is 9.20. The van der Waals surface area contributed by atoms with Gasteiger partial charge >= 0.3 is 0 Å². The fourth-order valence-electron chi connectivity index (χ4n) is 1.71. The molecule has 0 bridgehead atoms. The standard InChI is InChI=1S/C13H16FN5/c1-9-8-17-13(19-15)18-12(9)16-7-6-10-4-2-3-5-11(10)14/h2-5,8H,6-7,15H2,1H3,(H2,16,17,18,19). The zero-order valence-electron chi connectivity index (χ0n) is 10.7. The Hall–Kier alpha value is -2.21. The van der Waals surface area contributed by atoms with Gasteiger partial charge in [0.05, 0.1) is 0 Å². The van der Waals surface area contributed by atoms with Crippen LogP contribution in [0, 0.1) is 12.7 Å². The second-order valence-electron chi connectivity index (χ2n) is 4.14. The van der Waals surface area contributed by atoms with E-state index in [1.54, 1.807) is 18.3 Å². The molecule has 0 saturated carbocycles. The number of anilines is 2. The van der Waals surface area contributed by atoms with Gasteiger partial charge in [0.25, 0.3) is 0 Å². The van der Waals surface area contributed by atoms with Crippen molar-refractivity contribution in [3.8, 4) is 0 Å². The van der Waals surface area contributed by atoms with Crippen molar-refractivity contribution in [2.45, 2.75) is 13.3 Å². The number of rotatable bonds is 5. The third-order valence-corrected chi connectivity index (χ3v) is 2.75. The van der Waals surface area contributed by atoms with Crippen molar-refractivity contribution in [1.29, 1.82) is 0 Å². The average molecular weight is 261 g/mol. The van der Waals surface area contributed by atoms with Crippen LogP contribution in [-0.2, 0) is 6.42 Å². The first kappa shape index (κ1) is 13.2. The van der Waals surface area contributed by atoms with Gasteiger partial charge in [-0.25, -0.2) is 15.2 Å². The summed E-state index contributed by atoms with van der Waals surface area (Å²) in [5.74, 6) is 6.11. The van der Waals surface area contributed by atoms with E-state index in [4.69, 9.17) is 5.84 Å². The lowest BCUT2D eigenvalue weighted by atomic mass is 10.1. The largest absolute Gasteiger partial charge is 0.369 e. The zero-order valence-corrected chi connectivity index (χ0v) is 10.7. The minimum atomic E-state index is -0.187. The minimum Gasteiger partial charge on any atom is -0.369 e. The lowest BCUT2D eigenvalue weighted by molar-refractivity contribution is 0.610. The maximum absolute atomic E-state index is 13.4. The number of nitrogens with one attached hydrogen (secondary N) is 2. The number of hydrogen-bond acceptors (Lipinski definition) is 5. The fraction of sp³-hybridized carbons (Fsp3) is 0.231. The van der Waals surface area contributed by atoms with E-state index in [-0.39, 0.29) is 5.82 Å². The summed E-state index contributed by atoms with van der Waals surface area (Å²) in [5.41, 5.74) is 3.98. The highest BCUT2D eigenvalue weighted by Gasteiger charge is 2.04. The average Bonchev–Trinajstić information content (AvgIpc) is 2.43. The molecule has 0 aliphatic heterocycles. The van der Waals surface area contributed by atoms with Crippen molar-refractivity contribution in [3.05, 3.63) is 47.4 Å². The molecule has 6 heteroatoms. The van der Waals surface area contributed by atoms with Gasteiger partial charge in [0.15, 0.2) is 0 Å². The van der Waals surface area contributed by atoms with E-state index in [0.29, 0.717) is 30.3 Å². The summed E-state index contributed by atoms with van der Waals surface area (Å²) in [6.45, 7) is 2.48. The van der Waals surface area contributed by atoms with Crippen LogP contribution in [0.25, 0.3) is 0 Å². The highest BCUT2D eigenvalue weighted by atomic mass is 19.1. The van der Waals surface area contributed by atoms with Crippen LogP contribution in [0.1, 0.15) is 11.1 Å². The van der Waals surface area contributed by atoms with Crippen molar-refractivity contribution >= 4 is 11.8 Å². The Labute approximate surface area is 111 Å². The van der Waals surface area contributed by atoms with Crippen molar-refractivity contribution in [2.75, 3.05) is 17.3 Å². The normalized spacial score (nSPS) is 10.3. The summed E-state index contributed by atoms with van der Waals surface area (Å²) in [7, 11) is 0. The Bertz CT molecular complexity index is 558. The molecule has 0 spiro atoms. The summed E-state index contributed by atoms with van der Waals surface area (Å²) < 4.78 is 13.4. The molecule has 0 unspecified atom stereocenters. The van der Waals surface area contributed by atoms with E-state index in [0.717, 1.165) is 5.56 Å². The van der Waals surface area contributed by atoms with Gasteiger partial charge in [-0.2, -0.15) is 4.98 Å². The predicted octanol–water partition coefficient (Wildman–Crippen LogP) is 1.86. The lowest BCUT2D eigenvalue weighted by Crippen LogP contribution is -2.14. The monoisotopic (exact) mass is 261 g/mol. The first-order valence-corrected chi connectivity index (χ1v) is 5.98. The first-order valence-electron chi connectivity index (χ1n) is 5.98. The molecular weight excluding hydrogens is 245 g/mol. The summed E-state index contributed by atoms with van der Waals surface area (Å²) in [5, 5.41) is 3.15. The number of aryl methyl sites for hydroxylation is 1. The van der Waals surface area contributed by atoms with Gasteiger partial charge in [0.1, 0.15) is 11.6 Å². The Balaban J connectivity index is 1.98. The van der Waals surface area contributed by atoms with Gasteiger partial charge in [-0.15, -0.1) is 0 Å². The molecule has 2 aromatic rings. The fourth-order valence-corrected chi connectivity index (χ4v) is 1.71. The Morgan fingerprint density at radius 2 is 2.11 bits per heavy atom. The third-order valence-electron chi connectivity index (χ3n) is 2.75.